The van der Waals surface area contributed by atoms with Crippen molar-refractivity contribution in [3.63, 3.8) is 0 Å². The molecule has 0 unspecified atom stereocenters. The first-order chi connectivity index (χ1) is 8.25. The number of nitrogens with one attached hydrogen (secondary N) is 1. The smallest absolute Gasteiger partial charge is 0.0291 e. The molecular weight excluding hydrogens is 294 g/mol. The highest BCUT2D eigenvalue weighted by atomic mass is 79.9. The summed E-state index contributed by atoms with van der Waals surface area (Å²) in [4.78, 5) is 0. The topological polar surface area (TPSA) is 12.0 Å². The van der Waals surface area contributed by atoms with Crippen LogP contribution in [0.1, 0.15) is 24.1 Å². The molecule has 1 N–H and O–H groups in total. The Balaban J connectivity index is 1.81. The predicted molar refractivity (Wildman–Crippen MR) is 78.6 cm³/mol. The van der Waals surface area contributed by atoms with Crippen LogP contribution < -0.4 is 5.32 Å². The number of thiophene rings is 1. The van der Waals surface area contributed by atoms with Crippen LogP contribution in [-0.4, -0.2) is 6.54 Å². The van der Waals surface area contributed by atoms with E-state index in [-0.39, 0.29) is 0 Å². The Morgan fingerprint density at radius 2 is 2.00 bits per heavy atom. The second-order valence-corrected chi connectivity index (χ2v) is 5.80. The van der Waals surface area contributed by atoms with Gasteiger partial charge in [-0.2, -0.15) is 11.3 Å². The zero-order valence-corrected chi connectivity index (χ0v) is 12.2. The summed E-state index contributed by atoms with van der Waals surface area (Å²) in [5.74, 6) is 0. The molecular formula is C14H16BrNS. The molecule has 1 atom stereocenters. The normalized spacial score (nSPS) is 12.6. The van der Waals surface area contributed by atoms with Gasteiger partial charge >= 0.3 is 0 Å². The highest BCUT2D eigenvalue weighted by Crippen LogP contribution is 2.16. The first kappa shape index (κ1) is 12.8. The van der Waals surface area contributed by atoms with Crippen LogP contribution in [0.5, 0.6) is 0 Å². The first-order valence-corrected chi connectivity index (χ1v) is 7.49. The quantitative estimate of drug-likeness (QED) is 0.863. The van der Waals surface area contributed by atoms with Gasteiger partial charge in [-0.15, -0.1) is 0 Å². The molecule has 17 heavy (non-hydrogen) atoms. The van der Waals surface area contributed by atoms with Gasteiger partial charge in [0.1, 0.15) is 0 Å². The van der Waals surface area contributed by atoms with Crippen LogP contribution in [0.25, 0.3) is 0 Å². The number of benzene rings is 1. The average molecular weight is 310 g/mol. The molecule has 0 aliphatic heterocycles. The summed E-state index contributed by atoms with van der Waals surface area (Å²) < 4.78 is 1.13. The Kier molecular flexibility index (Phi) is 4.77. The average Bonchev–Trinajstić information content (AvgIpc) is 2.83. The Bertz CT molecular complexity index is 436. The molecule has 2 rings (SSSR count). The predicted octanol–water partition coefficient (Wildman–Crippen LogP) is 4.40. The summed E-state index contributed by atoms with van der Waals surface area (Å²) in [6, 6.07) is 11.1. The van der Waals surface area contributed by atoms with E-state index in [1.54, 1.807) is 11.3 Å². The van der Waals surface area contributed by atoms with E-state index in [1.807, 2.05) is 0 Å². The first-order valence-electron chi connectivity index (χ1n) is 5.75. The fraction of sp³-hybridized carbons (Fsp3) is 0.286. The summed E-state index contributed by atoms with van der Waals surface area (Å²) in [5.41, 5.74) is 2.75. The summed E-state index contributed by atoms with van der Waals surface area (Å²) in [6.45, 7) is 3.23. The number of rotatable bonds is 5. The Morgan fingerprint density at radius 1 is 1.24 bits per heavy atom. The molecule has 0 aliphatic carbocycles. The van der Waals surface area contributed by atoms with Crippen molar-refractivity contribution >= 4 is 27.3 Å². The van der Waals surface area contributed by atoms with Gasteiger partial charge in [0.25, 0.3) is 0 Å². The lowest BCUT2D eigenvalue weighted by Crippen LogP contribution is -2.21. The van der Waals surface area contributed by atoms with E-state index in [2.05, 4.69) is 69.3 Å². The Labute approximate surface area is 115 Å². The van der Waals surface area contributed by atoms with Crippen LogP contribution in [0.2, 0.25) is 0 Å². The molecule has 0 spiro atoms. The third-order valence-corrected chi connectivity index (χ3v) is 4.08. The van der Waals surface area contributed by atoms with Gasteiger partial charge in [0.15, 0.2) is 0 Å². The number of halogens is 1. The van der Waals surface area contributed by atoms with E-state index in [4.69, 9.17) is 0 Å². The zero-order chi connectivity index (χ0) is 12.1. The molecule has 1 heterocycles. The maximum atomic E-state index is 3.55. The second kappa shape index (κ2) is 6.34. The van der Waals surface area contributed by atoms with Crippen LogP contribution >= 0.6 is 27.3 Å². The second-order valence-electron chi connectivity index (χ2n) is 4.11. The molecule has 1 aromatic carbocycles. The fourth-order valence-corrected chi connectivity index (χ4v) is 2.70. The minimum absolute atomic E-state index is 0.404. The Morgan fingerprint density at radius 3 is 2.65 bits per heavy atom. The van der Waals surface area contributed by atoms with Crippen LogP contribution in [0, 0.1) is 0 Å². The molecule has 0 bridgehead atoms. The van der Waals surface area contributed by atoms with Gasteiger partial charge in [0.2, 0.25) is 0 Å². The van der Waals surface area contributed by atoms with Gasteiger partial charge in [-0.25, -0.2) is 0 Å². The van der Waals surface area contributed by atoms with E-state index < -0.39 is 0 Å². The van der Waals surface area contributed by atoms with Crippen molar-refractivity contribution in [2.75, 3.05) is 6.54 Å². The molecule has 0 aliphatic rings. The van der Waals surface area contributed by atoms with E-state index in [1.165, 1.54) is 11.1 Å². The van der Waals surface area contributed by atoms with E-state index in [9.17, 15) is 0 Å². The minimum atomic E-state index is 0.404. The van der Waals surface area contributed by atoms with E-state index in [0.717, 1.165) is 17.4 Å². The van der Waals surface area contributed by atoms with E-state index in [0.29, 0.717) is 6.04 Å². The van der Waals surface area contributed by atoms with Crippen molar-refractivity contribution in [1.82, 2.24) is 5.32 Å². The lowest BCUT2D eigenvalue weighted by molar-refractivity contribution is 0.577. The molecule has 0 saturated heterocycles. The molecule has 0 fully saturated rings. The third-order valence-electron chi connectivity index (χ3n) is 2.81. The number of hydrogen-bond acceptors (Lipinski definition) is 2. The van der Waals surface area contributed by atoms with Crippen molar-refractivity contribution < 1.29 is 0 Å². The van der Waals surface area contributed by atoms with Crippen LogP contribution in [0.3, 0.4) is 0 Å². The molecule has 0 saturated carbocycles. The monoisotopic (exact) mass is 309 g/mol. The van der Waals surface area contributed by atoms with Gasteiger partial charge in [-0.1, -0.05) is 28.1 Å². The van der Waals surface area contributed by atoms with Gasteiger partial charge in [-0.05, 0) is 60.0 Å². The van der Waals surface area contributed by atoms with Crippen molar-refractivity contribution in [3.8, 4) is 0 Å². The molecule has 1 aromatic heterocycles. The largest absolute Gasteiger partial charge is 0.310 e. The summed E-state index contributed by atoms with van der Waals surface area (Å²) >= 11 is 5.22. The highest BCUT2D eigenvalue weighted by molar-refractivity contribution is 9.10. The van der Waals surface area contributed by atoms with Gasteiger partial charge < -0.3 is 5.32 Å². The summed E-state index contributed by atoms with van der Waals surface area (Å²) in [7, 11) is 0. The zero-order valence-electron chi connectivity index (χ0n) is 9.82. The number of hydrogen-bond donors (Lipinski definition) is 1. The molecule has 90 valence electrons. The van der Waals surface area contributed by atoms with Gasteiger partial charge in [-0.3, -0.25) is 0 Å². The third kappa shape index (κ3) is 3.95. The van der Waals surface area contributed by atoms with Crippen molar-refractivity contribution in [1.29, 1.82) is 0 Å². The van der Waals surface area contributed by atoms with Crippen molar-refractivity contribution in [3.05, 3.63) is 56.7 Å². The van der Waals surface area contributed by atoms with Crippen molar-refractivity contribution in [2.45, 2.75) is 19.4 Å². The summed E-state index contributed by atoms with van der Waals surface area (Å²) in [6.07, 6.45) is 1.10. The molecule has 3 heteroatoms. The lowest BCUT2D eigenvalue weighted by Gasteiger charge is -2.14. The highest BCUT2D eigenvalue weighted by Gasteiger charge is 2.04. The van der Waals surface area contributed by atoms with Gasteiger partial charge in [0, 0.05) is 10.5 Å². The maximum absolute atomic E-state index is 3.55. The van der Waals surface area contributed by atoms with Crippen LogP contribution in [-0.2, 0) is 6.42 Å². The van der Waals surface area contributed by atoms with Crippen molar-refractivity contribution in [2.24, 2.45) is 0 Å². The Hall–Kier alpha value is -0.640. The minimum Gasteiger partial charge on any atom is -0.310 e. The van der Waals surface area contributed by atoms with E-state index >= 15 is 0 Å². The maximum Gasteiger partial charge on any atom is 0.0291 e. The standard InChI is InChI=1S/C14H16BrNS/c1-11(13-2-4-14(15)5-3-13)16-8-6-12-7-9-17-10-12/h2-5,7,9-11,16H,6,8H2,1H3/t11-/m0/s1. The molecule has 2 aromatic rings. The molecule has 1 nitrogen and oxygen atoms in total. The molecule has 0 radical (unpaired) electrons. The molecule has 0 amide bonds. The van der Waals surface area contributed by atoms with Crippen LogP contribution in [0.15, 0.2) is 45.6 Å². The lowest BCUT2D eigenvalue weighted by atomic mass is 10.1. The summed E-state index contributed by atoms with van der Waals surface area (Å²) in [5, 5.41) is 7.89. The van der Waals surface area contributed by atoms with Crippen LogP contribution in [0.4, 0.5) is 0 Å². The fourth-order valence-electron chi connectivity index (χ4n) is 1.74. The SMILES string of the molecule is C[C@H](NCCc1ccsc1)c1ccc(Br)cc1. The van der Waals surface area contributed by atoms with Gasteiger partial charge in [0.05, 0.1) is 0 Å².